The molecule has 1 aromatic rings. The van der Waals surface area contributed by atoms with Crippen molar-refractivity contribution in [3.05, 3.63) is 47.5 Å². The van der Waals surface area contributed by atoms with Crippen LogP contribution in [0.5, 0.6) is 0 Å². The van der Waals surface area contributed by atoms with Crippen molar-refractivity contribution in [1.82, 2.24) is 0 Å². The van der Waals surface area contributed by atoms with Crippen LogP contribution in [0.1, 0.15) is 17.2 Å². The van der Waals surface area contributed by atoms with Gasteiger partial charge in [0.25, 0.3) is 0 Å². The van der Waals surface area contributed by atoms with Gasteiger partial charge in [0.1, 0.15) is 0 Å². The van der Waals surface area contributed by atoms with Gasteiger partial charge in [-0.2, -0.15) is 0 Å². The molecule has 0 aliphatic heterocycles. The number of hydrogen-bond acceptors (Lipinski definition) is 1. The Morgan fingerprint density at radius 2 is 2.09 bits per heavy atom. The molecule has 1 aromatic carbocycles. The van der Waals surface area contributed by atoms with Crippen LogP contribution in [-0.2, 0) is 6.42 Å². The highest BCUT2D eigenvalue weighted by molar-refractivity contribution is 5.43. The van der Waals surface area contributed by atoms with E-state index in [2.05, 4.69) is 18.7 Å². The highest BCUT2D eigenvalue weighted by Crippen LogP contribution is 2.31. The zero-order valence-corrected chi connectivity index (χ0v) is 6.38. The average molecular weight is 145 g/mol. The Bertz CT molecular complexity index is 301. The molecule has 0 aromatic heterocycles. The second-order valence-electron chi connectivity index (χ2n) is 3.01. The van der Waals surface area contributed by atoms with Crippen LogP contribution >= 0.6 is 0 Å². The van der Waals surface area contributed by atoms with E-state index in [1.165, 1.54) is 11.1 Å². The highest BCUT2D eigenvalue weighted by atomic mass is 14.7. The first-order valence-corrected chi connectivity index (χ1v) is 3.80. The lowest BCUT2D eigenvalue weighted by atomic mass is 10.1. The maximum absolute atomic E-state index is 5.89. The normalized spacial score (nSPS) is 21.9. The van der Waals surface area contributed by atoms with Crippen LogP contribution < -0.4 is 5.73 Å². The molecule has 0 fully saturated rings. The minimum Gasteiger partial charge on any atom is -0.321 e. The van der Waals surface area contributed by atoms with Gasteiger partial charge in [-0.25, -0.2) is 0 Å². The lowest BCUT2D eigenvalue weighted by Gasteiger charge is -2.03. The smallest absolute Gasteiger partial charge is 0.0514 e. The third-order valence-electron chi connectivity index (χ3n) is 2.25. The van der Waals surface area contributed by atoms with Gasteiger partial charge in [-0.1, -0.05) is 36.4 Å². The van der Waals surface area contributed by atoms with Gasteiger partial charge in [-0.3, -0.25) is 0 Å². The molecule has 1 nitrogen and oxygen atoms in total. The van der Waals surface area contributed by atoms with E-state index in [9.17, 15) is 0 Å². The fraction of sp³-hybridized carbons (Fsp3) is 0.200. The molecule has 0 saturated carbocycles. The number of rotatable bonds is 0. The Kier molecular flexibility index (Phi) is 1.33. The zero-order valence-electron chi connectivity index (χ0n) is 6.38. The summed E-state index contributed by atoms with van der Waals surface area (Å²) in [4.78, 5) is 0. The summed E-state index contributed by atoms with van der Waals surface area (Å²) in [5.41, 5.74) is 9.61. The molecule has 1 unspecified atom stereocenters. The average Bonchev–Trinajstić information content (AvgIpc) is 2.30. The van der Waals surface area contributed by atoms with E-state index < -0.39 is 0 Å². The predicted molar refractivity (Wildman–Crippen MR) is 46.2 cm³/mol. The molecule has 2 rings (SSSR count). The number of hydrogen-bond donors (Lipinski definition) is 1. The molecule has 0 spiro atoms. The van der Waals surface area contributed by atoms with Crippen LogP contribution in [0, 0.1) is 0 Å². The molecule has 56 valence electrons. The van der Waals surface area contributed by atoms with Gasteiger partial charge in [0, 0.05) is 0 Å². The van der Waals surface area contributed by atoms with Gasteiger partial charge in [0.05, 0.1) is 6.04 Å². The van der Waals surface area contributed by atoms with Crippen molar-refractivity contribution in [2.45, 2.75) is 12.5 Å². The van der Waals surface area contributed by atoms with Crippen LogP contribution in [0.15, 0.2) is 36.4 Å². The lowest BCUT2D eigenvalue weighted by molar-refractivity contribution is 0.880. The van der Waals surface area contributed by atoms with Crippen LogP contribution in [0.3, 0.4) is 0 Å². The van der Waals surface area contributed by atoms with E-state index in [1.807, 2.05) is 12.1 Å². The van der Waals surface area contributed by atoms with Crippen molar-refractivity contribution < 1.29 is 0 Å². The first-order valence-electron chi connectivity index (χ1n) is 3.80. The van der Waals surface area contributed by atoms with Crippen molar-refractivity contribution >= 4 is 0 Å². The fourth-order valence-corrected chi connectivity index (χ4v) is 1.57. The molecular formula is C10H11N. The molecule has 2 N–H and O–H groups in total. The maximum Gasteiger partial charge on any atom is 0.0514 e. The molecule has 1 heteroatoms. The Morgan fingerprint density at radius 3 is 2.82 bits per heavy atom. The third kappa shape index (κ3) is 0.889. The van der Waals surface area contributed by atoms with E-state index in [4.69, 9.17) is 5.73 Å². The van der Waals surface area contributed by atoms with Gasteiger partial charge >= 0.3 is 0 Å². The Labute approximate surface area is 66.5 Å². The predicted octanol–water partition coefficient (Wildman–Crippen LogP) is 1.80. The summed E-state index contributed by atoms with van der Waals surface area (Å²) in [6.07, 6.45) is 0.956. The fourth-order valence-electron chi connectivity index (χ4n) is 1.57. The molecule has 0 amide bonds. The van der Waals surface area contributed by atoms with Crippen molar-refractivity contribution in [3.8, 4) is 0 Å². The van der Waals surface area contributed by atoms with E-state index in [0.29, 0.717) is 0 Å². The lowest BCUT2D eigenvalue weighted by Crippen LogP contribution is -2.06. The summed E-state index contributed by atoms with van der Waals surface area (Å²) >= 11 is 0. The SMILES string of the molecule is C=C1Cc2ccccc2C1N. The largest absolute Gasteiger partial charge is 0.321 e. The maximum atomic E-state index is 5.89. The van der Waals surface area contributed by atoms with Gasteiger partial charge < -0.3 is 5.73 Å². The molecule has 0 radical (unpaired) electrons. The third-order valence-corrected chi connectivity index (χ3v) is 2.25. The number of fused-ring (bicyclic) bond motifs is 1. The second-order valence-corrected chi connectivity index (χ2v) is 3.01. The minimum absolute atomic E-state index is 0.0752. The minimum atomic E-state index is 0.0752. The van der Waals surface area contributed by atoms with Crippen molar-refractivity contribution in [2.24, 2.45) is 5.73 Å². The summed E-state index contributed by atoms with van der Waals surface area (Å²) in [6.45, 7) is 3.92. The number of benzene rings is 1. The van der Waals surface area contributed by atoms with E-state index in [1.54, 1.807) is 0 Å². The van der Waals surface area contributed by atoms with E-state index in [0.717, 1.165) is 12.0 Å². The molecular weight excluding hydrogens is 134 g/mol. The summed E-state index contributed by atoms with van der Waals surface area (Å²) in [6, 6.07) is 8.35. The summed E-state index contributed by atoms with van der Waals surface area (Å²) in [5.74, 6) is 0. The zero-order chi connectivity index (χ0) is 7.84. The molecule has 1 aliphatic rings. The summed E-state index contributed by atoms with van der Waals surface area (Å²) in [7, 11) is 0. The van der Waals surface area contributed by atoms with Gasteiger partial charge in [0.2, 0.25) is 0 Å². The standard InChI is InChI=1S/C10H11N/c1-7-6-8-4-2-3-5-9(8)10(7)11/h2-5,10H,1,6,11H2. The van der Waals surface area contributed by atoms with Gasteiger partial charge in [0.15, 0.2) is 0 Å². The van der Waals surface area contributed by atoms with Crippen molar-refractivity contribution in [3.63, 3.8) is 0 Å². The Hall–Kier alpha value is -1.08. The van der Waals surface area contributed by atoms with Crippen molar-refractivity contribution in [1.29, 1.82) is 0 Å². The van der Waals surface area contributed by atoms with Crippen LogP contribution in [0.4, 0.5) is 0 Å². The first-order chi connectivity index (χ1) is 5.29. The summed E-state index contributed by atoms with van der Waals surface area (Å²) < 4.78 is 0. The van der Waals surface area contributed by atoms with Gasteiger partial charge in [-0.05, 0) is 17.5 Å². The van der Waals surface area contributed by atoms with E-state index >= 15 is 0 Å². The molecule has 1 atom stereocenters. The Morgan fingerprint density at radius 1 is 1.36 bits per heavy atom. The van der Waals surface area contributed by atoms with Crippen LogP contribution in [0.25, 0.3) is 0 Å². The molecule has 0 heterocycles. The number of nitrogens with two attached hydrogens (primary N) is 1. The summed E-state index contributed by atoms with van der Waals surface area (Å²) in [5, 5.41) is 0. The highest BCUT2D eigenvalue weighted by Gasteiger charge is 2.20. The topological polar surface area (TPSA) is 26.0 Å². The molecule has 11 heavy (non-hydrogen) atoms. The molecule has 0 bridgehead atoms. The van der Waals surface area contributed by atoms with Crippen LogP contribution in [-0.4, -0.2) is 0 Å². The van der Waals surface area contributed by atoms with Gasteiger partial charge in [-0.15, -0.1) is 0 Å². The van der Waals surface area contributed by atoms with Crippen molar-refractivity contribution in [2.75, 3.05) is 0 Å². The quantitative estimate of drug-likeness (QED) is 0.553. The first kappa shape index (κ1) is 6.62. The Balaban J connectivity index is 2.55. The second kappa shape index (κ2) is 2.21. The van der Waals surface area contributed by atoms with E-state index in [-0.39, 0.29) is 6.04 Å². The molecule has 1 aliphatic carbocycles. The molecule has 0 saturated heterocycles. The van der Waals surface area contributed by atoms with Crippen LogP contribution in [0.2, 0.25) is 0 Å². The monoisotopic (exact) mass is 145 g/mol.